The summed E-state index contributed by atoms with van der Waals surface area (Å²) in [6.07, 6.45) is 0.883. The molecule has 3 aromatic rings. The van der Waals surface area contributed by atoms with Gasteiger partial charge in [0.15, 0.2) is 0 Å². The lowest BCUT2D eigenvalue weighted by Crippen LogP contribution is -2.53. The van der Waals surface area contributed by atoms with Gasteiger partial charge in [0.05, 0.1) is 0 Å². The molecule has 224 valence electrons. The standard InChI is InChI=1S/C34H43N3O5/c1-7-8-20-37(32(40)28(21-25-16-10-9-11-17-25)35-33(41)42-34(4,5)6)30(26-18-13-19-27(38)22-26)31(39)36-29-23(2)14-12-15-24(29)3/h9-19,22,28,30,38H,7-8,20-21H2,1-6H3,(H,35,41)(H,36,39). The second kappa shape index (κ2) is 14.5. The molecule has 0 spiro atoms. The number of carbonyl (C=O) groups is 3. The molecule has 0 radical (unpaired) electrons. The normalized spacial score (nSPS) is 12.6. The topological polar surface area (TPSA) is 108 Å². The van der Waals surface area contributed by atoms with Crippen molar-refractivity contribution in [3.8, 4) is 5.75 Å². The molecule has 3 N–H and O–H groups in total. The number of unbranched alkanes of at least 4 members (excludes halogenated alkanes) is 1. The molecule has 3 rings (SSSR count). The number of aryl methyl sites for hydroxylation is 2. The van der Waals surface area contributed by atoms with Gasteiger partial charge in [0.25, 0.3) is 5.91 Å². The zero-order valence-corrected chi connectivity index (χ0v) is 25.4. The number of rotatable bonds is 11. The molecule has 2 atom stereocenters. The Bertz CT molecular complexity index is 1350. The first-order chi connectivity index (χ1) is 19.9. The maximum atomic E-state index is 14.5. The lowest BCUT2D eigenvalue weighted by Gasteiger charge is -2.35. The fourth-order valence-electron chi connectivity index (χ4n) is 4.77. The van der Waals surface area contributed by atoms with Crippen molar-refractivity contribution >= 4 is 23.6 Å². The molecule has 3 aromatic carbocycles. The highest BCUT2D eigenvalue weighted by Gasteiger charge is 2.36. The molecule has 0 bridgehead atoms. The first kappa shape index (κ1) is 32.2. The average Bonchev–Trinajstić information content (AvgIpc) is 2.92. The van der Waals surface area contributed by atoms with Gasteiger partial charge in [0.1, 0.15) is 23.4 Å². The molecule has 0 saturated heterocycles. The summed E-state index contributed by atoms with van der Waals surface area (Å²) in [6, 6.07) is 19.4. The molecule has 0 aliphatic rings. The number of anilines is 1. The summed E-state index contributed by atoms with van der Waals surface area (Å²) in [5.74, 6) is -0.866. The van der Waals surface area contributed by atoms with E-state index in [0.29, 0.717) is 17.7 Å². The van der Waals surface area contributed by atoms with Crippen LogP contribution in [0.4, 0.5) is 10.5 Å². The minimum absolute atomic E-state index is 0.0204. The highest BCUT2D eigenvalue weighted by atomic mass is 16.6. The Hall–Kier alpha value is -4.33. The summed E-state index contributed by atoms with van der Waals surface area (Å²) >= 11 is 0. The van der Waals surface area contributed by atoms with Crippen molar-refractivity contribution in [1.29, 1.82) is 0 Å². The molecule has 0 aliphatic carbocycles. The van der Waals surface area contributed by atoms with E-state index >= 15 is 0 Å². The number of ether oxygens (including phenoxy) is 1. The number of hydrogen-bond donors (Lipinski definition) is 3. The van der Waals surface area contributed by atoms with Crippen LogP contribution < -0.4 is 10.6 Å². The Kier molecular flexibility index (Phi) is 11.1. The second-order valence-electron chi connectivity index (χ2n) is 11.5. The van der Waals surface area contributed by atoms with Crippen LogP contribution in [0.3, 0.4) is 0 Å². The number of para-hydroxylation sites is 1. The van der Waals surface area contributed by atoms with Crippen molar-refractivity contribution in [2.45, 2.75) is 78.5 Å². The molecular formula is C34H43N3O5. The van der Waals surface area contributed by atoms with Crippen molar-refractivity contribution in [3.05, 3.63) is 95.1 Å². The monoisotopic (exact) mass is 573 g/mol. The molecule has 8 heteroatoms. The van der Waals surface area contributed by atoms with Crippen LogP contribution >= 0.6 is 0 Å². The van der Waals surface area contributed by atoms with Crippen LogP contribution in [0.25, 0.3) is 0 Å². The van der Waals surface area contributed by atoms with Gasteiger partial charge in [0, 0.05) is 18.7 Å². The summed E-state index contributed by atoms with van der Waals surface area (Å²) in [7, 11) is 0. The number of benzene rings is 3. The van der Waals surface area contributed by atoms with E-state index in [1.165, 1.54) is 17.0 Å². The Balaban J connectivity index is 2.08. The van der Waals surface area contributed by atoms with Gasteiger partial charge in [-0.05, 0) is 75.4 Å². The van der Waals surface area contributed by atoms with Crippen LogP contribution in [0, 0.1) is 13.8 Å². The van der Waals surface area contributed by atoms with Crippen LogP contribution in [0.5, 0.6) is 5.75 Å². The van der Waals surface area contributed by atoms with E-state index in [-0.39, 0.29) is 18.7 Å². The fourth-order valence-corrected chi connectivity index (χ4v) is 4.77. The largest absolute Gasteiger partial charge is 0.508 e. The third-order valence-electron chi connectivity index (χ3n) is 6.78. The summed E-state index contributed by atoms with van der Waals surface area (Å²) in [5, 5.41) is 16.2. The van der Waals surface area contributed by atoms with Crippen LogP contribution in [-0.2, 0) is 20.7 Å². The molecule has 42 heavy (non-hydrogen) atoms. The minimum Gasteiger partial charge on any atom is -0.508 e. The van der Waals surface area contributed by atoms with Crippen LogP contribution in [0.15, 0.2) is 72.8 Å². The molecule has 8 nitrogen and oxygen atoms in total. The molecule has 0 fully saturated rings. The maximum absolute atomic E-state index is 14.5. The van der Waals surface area contributed by atoms with E-state index in [2.05, 4.69) is 10.6 Å². The second-order valence-corrected chi connectivity index (χ2v) is 11.5. The molecule has 0 aliphatic heterocycles. The number of aromatic hydroxyl groups is 1. The van der Waals surface area contributed by atoms with Crippen molar-refractivity contribution < 1.29 is 24.2 Å². The lowest BCUT2D eigenvalue weighted by molar-refractivity contribution is -0.140. The number of alkyl carbamates (subject to hydrolysis) is 1. The van der Waals surface area contributed by atoms with Crippen LogP contribution in [-0.4, -0.2) is 46.1 Å². The Labute approximate surface area is 249 Å². The highest BCUT2D eigenvalue weighted by molar-refractivity contribution is 6.00. The highest BCUT2D eigenvalue weighted by Crippen LogP contribution is 2.29. The quantitative estimate of drug-likeness (QED) is 0.244. The number of hydrogen-bond acceptors (Lipinski definition) is 5. The number of phenols is 1. The molecule has 0 heterocycles. The van der Waals surface area contributed by atoms with Crippen molar-refractivity contribution in [2.75, 3.05) is 11.9 Å². The number of nitrogens with zero attached hydrogens (tertiary/aromatic N) is 1. The Morgan fingerprint density at radius 1 is 0.929 bits per heavy atom. The lowest BCUT2D eigenvalue weighted by atomic mass is 9.99. The number of carbonyl (C=O) groups excluding carboxylic acids is 3. The van der Waals surface area contributed by atoms with Gasteiger partial charge in [-0.1, -0.05) is 74.0 Å². The predicted octanol–water partition coefficient (Wildman–Crippen LogP) is 6.45. The van der Waals surface area contributed by atoms with Crippen LogP contribution in [0.1, 0.15) is 68.8 Å². The van der Waals surface area contributed by atoms with E-state index in [0.717, 1.165) is 23.1 Å². The summed E-state index contributed by atoms with van der Waals surface area (Å²) in [5.41, 5.74) is 2.98. The summed E-state index contributed by atoms with van der Waals surface area (Å²) in [4.78, 5) is 43.0. The van der Waals surface area contributed by atoms with E-state index in [1.54, 1.807) is 32.9 Å². The molecule has 0 saturated carbocycles. The third kappa shape index (κ3) is 9.09. The minimum atomic E-state index is -1.08. The molecule has 0 aromatic heterocycles. The Morgan fingerprint density at radius 2 is 1.57 bits per heavy atom. The number of nitrogens with one attached hydrogen (secondary N) is 2. The van der Waals surface area contributed by atoms with Crippen molar-refractivity contribution in [2.24, 2.45) is 0 Å². The van der Waals surface area contributed by atoms with E-state index in [9.17, 15) is 19.5 Å². The maximum Gasteiger partial charge on any atom is 0.408 e. The first-order valence-electron chi connectivity index (χ1n) is 14.4. The Morgan fingerprint density at radius 3 is 2.17 bits per heavy atom. The average molecular weight is 574 g/mol. The van der Waals surface area contributed by atoms with Crippen LogP contribution in [0.2, 0.25) is 0 Å². The zero-order valence-electron chi connectivity index (χ0n) is 25.4. The smallest absolute Gasteiger partial charge is 0.408 e. The van der Waals surface area contributed by atoms with Gasteiger partial charge in [0.2, 0.25) is 5.91 Å². The molecule has 2 unspecified atom stereocenters. The van der Waals surface area contributed by atoms with Gasteiger partial charge >= 0.3 is 6.09 Å². The molecule has 3 amide bonds. The summed E-state index contributed by atoms with van der Waals surface area (Å²) < 4.78 is 5.50. The zero-order chi connectivity index (χ0) is 30.9. The first-order valence-corrected chi connectivity index (χ1v) is 14.4. The van der Waals surface area contributed by atoms with Crippen molar-refractivity contribution in [3.63, 3.8) is 0 Å². The van der Waals surface area contributed by atoms with Crippen molar-refractivity contribution in [1.82, 2.24) is 10.2 Å². The van der Waals surface area contributed by atoms with Gasteiger partial charge < -0.3 is 25.4 Å². The SMILES string of the molecule is CCCCN(C(=O)C(Cc1ccccc1)NC(=O)OC(C)(C)C)C(C(=O)Nc1c(C)cccc1C)c1cccc(O)c1. The summed E-state index contributed by atoms with van der Waals surface area (Å²) in [6.45, 7) is 11.3. The molecular weight excluding hydrogens is 530 g/mol. The van der Waals surface area contributed by atoms with Gasteiger partial charge in [-0.15, -0.1) is 0 Å². The van der Waals surface area contributed by atoms with E-state index in [1.807, 2.05) is 69.3 Å². The fraction of sp³-hybridized carbons (Fsp3) is 0.382. The van der Waals surface area contributed by atoms with E-state index < -0.39 is 35.6 Å². The van der Waals surface area contributed by atoms with Gasteiger partial charge in [-0.25, -0.2) is 4.79 Å². The number of phenolic OH excluding ortho intramolecular Hbond substituents is 1. The third-order valence-corrected chi connectivity index (χ3v) is 6.78. The number of amides is 3. The van der Waals surface area contributed by atoms with Gasteiger partial charge in [-0.2, -0.15) is 0 Å². The van der Waals surface area contributed by atoms with Gasteiger partial charge in [-0.3, -0.25) is 9.59 Å². The van der Waals surface area contributed by atoms with E-state index in [4.69, 9.17) is 4.74 Å². The predicted molar refractivity (Wildman–Crippen MR) is 165 cm³/mol.